The third-order valence-electron chi connectivity index (χ3n) is 0. The van der Waals surface area contributed by atoms with E-state index in [4.69, 9.17) is 0 Å². The van der Waals surface area contributed by atoms with Crippen LogP contribution in [0.4, 0.5) is 0 Å². The molecule has 0 N–H and O–H groups in total. The first-order valence-electron chi connectivity index (χ1n) is 0. The molecule has 0 spiro atoms. The van der Waals surface area contributed by atoms with Crippen molar-refractivity contribution in [3.63, 3.8) is 0 Å². The molecule has 0 heterocycles. The van der Waals surface area contributed by atoms with Crippen molar-refractivity contribution in [3.8, 4) is 0 Å². The predicted molar refractivity (Wildman–Crippen MR) is 90.4 cm³/mol. The average molecular weight is 1120 g/mol. The number of hydrogen-bond acceptors (Lipinski definition) is 0. The SMILES string of the molecule is I.I.I.I.I.[H-].[H-].[H-].[H-].[H-].[H-].[H-].[H-].[H-].[H-].[H-].[H-].[K+].[K+].[K+].[K+].[K+].[K+].[K+].[K+].[K+].[K+].[K+].[K+]. The Bertz CT molecular complexity index is 43.2. The Morgan fingerprint density at radius 1 is 0.176 bits per heavy atom. The van der Waals surface area contributed by atoms with E-state index in [1.807, 2.05) is 0 Å². The monoisotopic (exact) mass is 1120 g/mol. The largest absolute Gasteiger partial charge is 1.00 e. The van der Waals surface area contributed by atoms with Crippen LogP contribution in [0, 0.1) is 0 Å². The van der Waals surface area contributed by atoms with E-state index in [0.29, 0.717) is 0 Å². The molecule has 0 saturated carbocycles. The smallest absolute Gasteiger partial charge is 1.00 e. The molecule has 0 unspecified atom stereocenters. The molecule has 17 heavy (non-hydrogen) atoms. The van der Waals surface area contributed by atoms with Crippen LogP contribution in [-0.4, -0.2) is 0 Å². The van der Waals surface area contributed by atoms with Gasteiger partial charge in [0.15, 0.2) is 0 Å². The summed E-state index contributed by atoms with van der Waals surface area (Å²) in [6.07, 6.45) is 0. The van der Waals surface area contributed by atoms with Crippen LogP contribution in [0.2, 0.25) is 0 Å². The molecule has 17 heteroatoms. The summed E-state index contributed by atoms with van der Waals surface area (Å²) in [4.78, 5) is 0. The van der Waals surface area contributed by atoms with Gasteiger partial charge in [-0.15, -0.1) is 120 Å². The summed E-state index contributed by atoms with van der Waals surface area (Å²) in [7, 11) is 0. The zero-order valence-corrected chi connectivity index (χ0v) is 63.2. The number of hydrogen-bond donors (Lipinski definition) is 0. The van der Waals surface area contributed by atoms with E-state index >= 15 is 0 Å². The third-order valence-corrected chi connectivity index (χ3v) is 0. The van der Waals surface area contributed by atoms with Crippen LogP contribution >= 0.6 is 120 Å². The Hall–Kier alpha value is 23.3. The van der Waals surface area contributed by atoms with E-state index in [1.165, 1.54) is 0 Å². The first kappa shape index (κ1) is 115. The van der Waals surface area contributed by atoms with E-state index in [9.17, 15) is 0 Å². The maximum atomic E-state index is 0. The Kier molecular flexibility index (Phi) is 716. The molecule has 0 aliphatic carbocycles. The van der Waals surface area contributed by atoms with Crippen molar-refractivity contribution in [2.45, 2.75) is 0 Å². The fourth-order valence-electron chi connectivity index (χ4n) is 0. The first-order chi connectivity index (χ1) is 0. The molecular weight excluding hydrogens is 1100 g/mol. The fourth-order valence-corrected chi connectivity index (χ4v) is 0. The zero-order chi connectivity index (χ0) is 0. The number of rotatable bonds is 0. The molecule has 64 valence electrons. The molecule has 0 fully saturated rings. The van der Waals surface area contributed by atoms with Gasteiger partial charge in [0.25, 0.3) is 0 Å². The van der Waals surface area contributed by atoms with Gasteiger partial charge in [-0.25, -0.2) is 0 Å². The van der Waals surface area contributed by atoms with Crippen molar-refractivity contribution in [1.82, 2.24) is 0 Å². The maximum Gasteiger partial charge on any atom is 1.00 e. The van der Waals surface area contributed by atoms with Gasteiger partial charge in [-0.2, -0.15) is 0 Å². The minimum absolute atomic E-state index is 0. The molecule has 0 bridgehead atoms. The maximum absolute atomic E-state index is 0. The third kappa shape index (κ3) is 101. The zero-order valence-electron chi connectivity index (χ0n) is 26.0. The quantitative estimate of drug-likeness (QED) is 0.168. The second kappa shape index (κ2) is 106. The van der Waals surface area contributed by atoms with Gasteiger partial charge in [0.05, 0.1) is 0 Å². The van der Waals surface area contributed by atoms with Gasteiger partial charge >= 0.3 is 617 Å². The van der Waals surface area contributed by atoms with Crippen LogP contribution in [0.15, 0.2) is 0 Å². The molecule has 0 atom stereocenters. The molecule has 0 aromatic heterocycles. The van der Waals surface area contributed by atoms with Gasteiger partial charge < -0.3 is 17.1 Å². The Morgan fingerprint density at radius 3 is 0.176 bits per heavy atom. The van der Waals surface area contributed by atoms with Crippen molar-refractivity contribution >= 4 is 120 Å². The van der Waals surface area contributed by atoms with Gasteiger partial charge in [0.2, 0.25) is 0 Å². The Labute approximate surface area is 722 Å². The molecule has 0 aromatic rings. The van der Waals surface area contributed by atoms with Crippen LogP contribution in [0.1, 0.15) is 17.1 Å². The van der Waals surface area contributed by atoms with Gasteiger partial charge in [-0.3, -0.25) is 0 Å². The topological polar surface area (TPSA) is 0 Å². The summed E-state index contributed by atoms with van der Waals surface area (Å²) in [5.74, 6) is 0. The molecular formula is H17I5K12. The van der Waals surface area contributed by atoms with Crippen LogP contribution < -0.4 is 617 Å². The van der Waals surface area contributed by atoms with E-state index in [1.54, 1.807) is 0 Å². The number of halogens is 5. The summed E-state index contributed by atoms with van der Waals surface area (Å²) < 4.78 is 0. The van der Waals surface area contributed by atoms with Gasteiger partial charge in [-0.05, 0) is 0 Å². The molecule has 0 amide bonds. The van der Waals surface area contributed by atoms with Crippen molar-refractivity contribution in [1.29, 1.82) is 0 Å². The van der Waals surface area contributed by atoms with Crippen molar-refractivity contribution in [2.24, 2.45) is 0 Å². The molecule has 0 aliphatic heterocycles. The van der Waals surface area contributed by atoms with Crippen LogP contribution in [0.3, 0.4) is 0 Å². The van der Waals surface area contributed by atoms with Gasteiger partial charge in [0, 0.05) is 0 Å². The second-order valence-electron chi connectivity index (χ2n) is 0. The average Bonchev–Trinajstić information content (AvgIpc) is 0. The van der Waals surface area contributed by atoms with Crippen molar-refractivity contribution in [2.75, 3.05) is 0 Å². The summed E-state index contributed by atoms with van der Waals surface area (Å²) >= 11 is 0. The second-order valence-corrected chi connectivity index (χ2v) is 0. The van der Waals surface area contributed by atoms with Crippen LogP contribution in [0.25, 0.3) is 0 Å². The molecule has 0 nitrogen and oxygen atoms in total. The van der Waals surface area contributed by atoms with E-state index in [2.05, 4.69) is 0 Å². The van der Waals surface area contributed by atoms with Crippen molar-refractivity contribution < 1.29 is 634 Å². The Morgan fingerprint density at radius 2 is 0.176 bits per heavy atom. The molecule has 0 saturated heterocycles. The van der Waals surface area contributed by atoms with E-state index in [0.717, 1.165) is 0 Å². The van der Waals surface area contributed by atoms with Gasteiger partial charge in [-0.1, -0.05) is 0 Å². The summed E-state index contributed by atoms with van der Waals surface area (Å²) in [5.41, 5.74) is 0. The standard InChI is InChI=1S/5HI.12K.12H/h5*1H;;;;;;;;;;;;;;;;;;;;;;;;/q;;;;;12*+1;12*-1. The molecule has 0 radical (unpaired) electrons. The fraction of sp³-hybridized carbons (Fsp3) is 0. The van der Waals surface area contributed by atoms with Crippen LogP contribution in [-0.2, 0) is 0 Å². The summed E-state index contributed by atoms with van der Waals surface area (Å²) in [6.45, 7) is 0. The van der Waals surface area contributed by atoms with Gasteiger partial charge in [0.1, 0.15) is 0 Å². The molecule has 0 rings (SSSR count). The molecule has 0 aromatic carbocycles. The van der Waals surface area contributed by atoms with E-state index < -0.39 is 0 Å². The first-order valence-corrected chi connectivity index (χ1v) is 0. The summed E-state index contributed by atoms with van der Waals surface area (Å²) in [5, 5.41) is 0. The minimum atomic E-state index is 0. The van der Waals surface area contributed by atoms with Crippen molar-refractivity contribution in [3.05, 3.63) is 0 Å². The predicted octanol–water partition coefficient (Wildman–Crippen LogP) is -31.5. The minimum Gasteiger partial charge on any atom is -1.00 e. The summed E-state index contributed by atoms with van der Waals surface area (Å²) in [6, 6.07) is 0. The molecule has 0 aliphatic rings. The normalized spacial score (nSPS) is 0. The van der Waals surface area contributed by atoms with Crippen LogP contribution in [0.5, 0.6) is 0 Å². The Balaban J connectivity index is 0. The van der Waals surface area contributed by atoms with E-state index in [-0.39, 0.29) is 754 Å².